The minimum atomic E-state index is -0.426. The summed E-state index contributed by atoms with van der Waals surface area (Å²) in [6.45, 7) is 2.79. The Morgan fingerprint density at radius 1 is 1.48 bits per heavy atom. The molecule has 0 atom stereocenters. The van der Waals surface area contributed by atoms with E-state index < -0.39 is 4.92 Å². The molecule has 1 aliphatic rings. The Bertz CT molecular complexity index is 499. The fraction of sp³-hybridized carbons (Fsp3) is 0.615. The monoisotopic (exact) mass is 294 g/mol. The van der Waals surface area contributed by atoms with E-state index in [1.807, 2.05) is 0 Å². The number of hydrogen-bond acceptors (Lipinski definition) is 7. The van der Waals surface area contributed by atoms with Crippen molar-refractivity contribution in [2.24, 2.45) is 11.8 Å². The highest BCUT2D eigenvalue weighted by Crippen LogP contribution is 2.27. The number of nitrogens with one attached hydrogen (secondary N) is 1. The molecule has 0 amide bonds. The predicted octanol–water partition coefficient (Wildman–Crippen LogP) is 1.05. The largest absolute Gasteiger partial charge is 0.356 e. The summed E-state index contributed by atoms with van der Waals surface area (Å²) < 4.78 is 0. The van der Waals surface area contributed by atoms with Gasteiger partial charge in [-0.25, -0.2) is 10.8 Å². The number of hydrogen-bond donors (Lipinski definition) is 2. The van der Waals surface area contributed by atoms with E-state index in [0.717, 1.165) is 32.5 Å². The second kappa shape index (κ2) is 6.68. The van der Waals surface area contributed by atoms with Gasteiger partial charge in [0, 0.05) is 19.6 Å². The molecule has 2 rings (SSSR count). The second-order valence-electron chi connectivity index (χ2n) is 5.66. The van der Waals surface area contributed by atoms with Gasteiger partial charge in [0.15, 0.2) is 0 Å². The molecular weight excluding hydrogens is 272 g/mol. The molecule has 0 spiro atoms. The van der Waals surface area contributed by atoms with E-state index in [1.54, 1.807) is 0 Å². The first-order chi connectivity index (χ1) is 9.99. The lowest BCUT2D eigenvalue weighted by Crippen LogP contribution is -2.37. The summed E-state index contributed by atoms with van der Waals surface area (Å²) in [5.74, 6) is 6.93. The minimum absolute atomic E-state index is 0.00312. The first-order valence-corrected chi connectivity index (χ1v) is 7.02. The van der Waals surface area contributed by atoms with E-state index in [9.17, 15) is 10.1 Å². The lowest BCUT2D eigenvalue weighted by atomic mass is 9.96. The lowest BCUT2D eigenvalue weighted by Gasteiger charge is -2.34. The molecule has 0 unspecified atom stereocenters. The van der Waals surface area contributed by atoms with Crippen LogP contribution in [0.15, 0.2) is 12.1 Å². The van der Waals surface area contributed by atoms with Crippen LogP contribution in [0, 0.1) is 16.0 Å². The van der Waals surface area contributed by atoms with Crippen molar-refractivity contribution < 1.29 is 4.92 Å². The molecule has 116 valence electrons. The summed E-state index contributed by atoms with van der Waals surface area (Å²) in [6, 6.07) is 2.84. The van der Waals surface area contributed by atoms with Gasteiger partial charge >= 0.3 is 0 Å². The number of nitro groups is 1. The van der Waals surface area contributed by atoms with Gasteiger partial charge in [-0.3, -0.25) is 10.1 Å². The summed E-state index contributed by atoms with van der Waals surface area (Å²) in [7, 11) is 4.15. The zero-order valence-electron chi connectivity index (χ0n) is 12.5. The standard InChI is InChI=1S/C13H22N6O2/c1-17(2)9-10-3-5-18(6-4-10)13-8-11(19(20)21)7-12(15-13)16-14/h7-8,10H,3-6,9,14H2,1-2H3,(H,15,16). The van der Waals surface area contributed by atoms with Crippen molar-refractivity contribution >= 4 is 17.3 Å². The number of nitrogens with zero attached hydrogens (tertiary/aromatic N) is 4. The molecule has 3 N–H and O–H groups in total. The summed E-state index contributed by atoms with van der Waals surface area (Å²) in [6.07, 6.45) is 2.13. The van der Waals surface area contributed by atoms with Gasteiger partial charge in [0.25, 0.3) is 5.69 Å². The first-order valence-electron chi connectivity index (χ1n) is 7.02. The molecule has 0 radical (unpaired) electrons. The number of nitrogen functional groups attached to an aromatic ring is 1. The number of anilines is 2. The number of piperidine rings is 1. The Balaban J connectivity index is 2.09. The number of pyridine rings is 1. The Morgan fingerprint density at radius 2 is 2.14 bits per heavy atom. The molecule has 8 nitrogen and oxygen atoms in total. The molecule has 0 bridgehead atoms. The van der Waals surface area contributed by atoms with Crippen LogP contribution in [0.1, 0.15) is 12.8 Å². The van der Waals surface area contributed by atoms with Crippen molar-refractivity contribution in [2.45, 2.75) is 12.8 Å². The molecule has 2 heterocycles. The Morgan fingerprint density at radius 3 is 2.67 bits per heavy atom. The number of rotatable bonds is 5. The van der Waals surface area contributed by atoms with Crippen molar-refractivity contribution in [1.29, 1.82) is 0 Å². The third kappa shape index (κ3) is 4.02. The molecule has 1 aliphatic heterocycles. The van der Waals surface area contributed by atoms with Crippen LogP contribution >= 0.6 is 0 Å². The molecule has 0 saturated carbocycles. The van der Waals surface area contributed by atoms with Crippen molar-refractivity contribution in [3.63, 3.8) is 0 Å². The van der Waals surface area contributed by atoms with Crippen LogP contribution in [0.25, 0.3) is 0 Å². The summed E-state index contributed by atoms with van der Waals surface area (Å²) in [4.78, 5) is 19.1. The molecule has 1 fully saturated rings. The Kier molecular flexibility index (Phi) is 4.92. The zero-order valence-corrected chi connectivity index (χ0v) is 12.5. The maximum absolute atomic E-state index is 11.0. The fourth-order valence-corrected chi connectivity index (χ4v) is 2.70. The van der Waals surface area contributed by atoms with Gasteiger partial charge in [-0.1, -0.05) is 0 Å². The smallest absolute Gasteiger partial charge is 0.276 e. The van der Waals surface area contributed by atoms with Crippen molar-refractivity contribution in [1.82, 2.24) is 9.88 Å². The van der Waals surface area contributed by atoms with Gasteiger partial charge in [0.05, 0.1) is 17.1 Å². The van der Waals surface area contributed by atoms with Gasteiger partial charge < -0.3 is 15.2 Å². The average molecular weight is 294 g/mol. The average Bonchev–Trinajstić information content (AvgIpc) is 2.46. The number of aromatic nitrogens is 1. The highest BCUT2D eigenvalue weighted by Gasteiger charge is 2.22. The SMILES string of the molecule is CN(C)CC1CCN(c2cc([N+](=O)[O-])cc(NN)n2)CC1. The van der Waals surface area contributed by atoms with Gasteiger partial charge in [0.1, 0.15) is 11.6 Å². The van der Waals surface area contributed by atoms with E-state index >= 15 is 0 Å². The minimum Gasteiger partial charge on any atom is -0.356 e. The van der Waals surface area contributed by atoms with Crippen LogP contribution in [0.3, 0.4) is 0 Å². The van der Waals surface area contributed by atoms with Crippen molar-refractivity contribution in [3.8, 4) is 0 Å². The molecule has 21 heavy (non-hydrogen) atoms. The predicted molar refractivity (Wildman–Crippen MR) is 82.2 cm³/mol. The second-order valence-corrected chi connectivity index (χ2v) is 5.66. The van der Waals surface area contributed by atoms with Crippen LogP contribution in [0.5, 0.6) is 0 Å². The van der Waals surface area contributed by atoms with Crippen LogP contribution in [-0.4, -0.2) is 48.5 Å². The topological polar surface area (TPSA) is 101 Å². The summed E-state index contributed by atoms with van der Waals surface area (Å²) in [5, 5.41) is 11.0. The Labute approximate surface area is 124 Å². The molecule has 0 aliphatic carbocycles. The summed E-state index contributed by atoms with van der Waals surface area (Å²) >= 11 is 0. The van der Waals surface area contributed by atoms with Crippen LogP contribution in [0.2, 0.25) is 0 Å². The molecular formula is C13H22N6O2. The first kappa shape index (κ1) is 15.5. The third-order valence-electron chi connectivity index (χ3n) is 3.72. The number of hydrazine groups is 1. The summed E-state index contributed by atoms with van der Waals surface area (Å²) in [5.41, 5.74) is 2.39. The molecule has 1 aromatic rings. The van der Waals surface area contributed by atoms with Gasteiger partial charge in [-0.2, -0.15) is 0 Å². The maximum atomic E-state index is 11.0. The van der Waals surface area contributed by atoms with E-state index in [1.165, 1.54) is 12.1 Å². The zero-order chi connectivity index (χ0) is 15.4. The van der Waals surface area contributed by atoms with Crippen molar-refractivity contribution in [2.75, 3.05) is 44.1 Å². The van der Waals surface area contributed by atoms with Gasteiger partial charge in [-0.05, 0) is 32.9 Å². The van der Waals surface area contributed by atoms with Gasteiger partial charge in [-0.15, -0.1) is 0 Å². The lowest BCUT2D eigenvalue weighted by molar-refractivity contribution is -0.384. The molecule has 8 heteroatoms. The Hall–Kier alpha value is -1.93. The van der Waals surface area contributed by atoms with E-state index in [2.05, 4.69) is 34.3 Å². The number of nitrogens with two attached hydrogens (primary N) is 1. The van der Waals surface area contributed by atoms with Crippen molar-refractivity contribution in [3.05, 3.63) is 22.2 Å². The third-order valence-corrected chi connectivity index (χ3v) is 3.72. The van der Waals surface area contributed by atoms with E-state index in [-0.39, 0.29) is 5.69 Å². The molecule has 0 aromatic carbocycles. The van der Waals surface area contributed by atoms with Crippen LogP contribution < -0.4 is 16.2 Å². The normalized spacial score (nSPS) is 16.3. The molecule has 1 saturated heterocycles. The highest BCUT2D eigenvalue weighted by molar-refractivity contribution is 5.55. The fourth-order valence-electron chi connectivity index (χ4n) is 2.70. The quantitative estimate of drug-likeness (QED) is 0.475. The van der Waals surface area contributed by atoms with E-state index in [0.29, 0.717) is 17.6 Å². The highest BCUT2D eigenvalue weighted by atomic mass is 16.6. The van der Waals surface area contributed by atoms with Crippen LogP contribution in [0.4, 0.5) is 17.3 Å². The maximum Gasteiger partial charge on any atom is 0.276 e. The van der Waals surface area contributed by atoms with Gasteiger partial charge in [0.2, 0.25) is 0 Å². The van der Waals surface area contributed by atoms with Crippen LogP contribution in [-0.2, 0) is 0 Å². The van der Waals surface area contributed by atoms with E-state index in [4.69, 9.17) is 5.84 Å². The molecule has 1 aromatic heterocycles.